The molecule has 0 saturated heterocycles. The summed E-state index contributed by atoms with van der Waals surface area (Å²) in [7, 11) is 0. The van der Waals surface area contributed by atoms with E-state index in [1.807, 2.05) is 0 Å². The number of aromatic nitrogens is 2. The van der Waals surface area contributed by atoms with Crippen LogP contribution in [0.1, 0.15) is 18.5 Å². The van der Waals surface area contributed by atoms with Crippen molar-refractivity contribution in [3.8, 4) is 5.75 Å². The molecule has 0 saturated carbocycles. The normalized spacial score (nSPS) is 12.1. The van der Waals surface area contributed by atoms with Crippen molar-refractivity contribution in [1.82, 2.24) is 9.78 Å². The number of anilines is 1. The number of carbonyl (C=O) groups excluding carboxylic acids is 1. The summed E-state index contributed by atoms with van der Waals surface area (Å²) in [5.74, 6) is -0.00746. The van der Waals surface area contributed by atoms with E-state index in [4.69, 9.17) is 0 Å². The van der Waals surface area contributed by atoms with Gasteiger partial charge in [-0.15, -0.1) is 0 Å². The van der Waals surface area contributed by atoms with Crippen molar-refractivity contribution in [3.63, 3.8) is 0 Å². The highest BCUT2D eigenvalue weighted by Crippen LogP contribution is 2.24. The van der Waals surface area contributed by atoms with Crippen molar-refractivity contribution >= 4 is 11.6 Å². The number of amides is 1. The zero-order valence-corrected chi connectivity index (χ0v) is 10.3. The highest BCUT2D eigenvalue weighted by molar-refractivity contribution is 5.94. The Balaban J connectivity index is 2.14. The molecule has 1 amide bonds. The second-order valence-electron chi connectivity index (χ2n) is 4.10. The summed E-state index contributed by atoms with van der Waals surface area (Å²) in [5, 5.41) is 16.4. The number of benzene rings is 1. The van der Waals surface area contributed by atoms with Crippen molar-refractivity contribution in [1.29, 1.82) is 0 Å². The Kier molecular flexibility index (Phi) is 3.32. The van der Waals surface area contributed by atoms with Gasteiger partial charge in [0.1, 0.15) is 11.8 Å². The minimum Gasteiger partial charge on any atom is -0.508 e. The standard InChI is InChI=1S/C13H15N3O2/c1-9-11(5-3-6-12(9)17)15-13(18)10(2)16-8-4-7-14-16/h3-8,10,17H,1-2H3,(H,15,18). The Bertz CT molecular complexity index is 549. The Morgan fingerprint density at radius 2 is 2.22 bits per heavy atom. The van der Waals surface area contributed by atoms with Crippen LogP contribution in [0.4, 0.5) is 5.69 Å². The minimum absolute atomic E-state index is 0.166. The predicted molar refractivity (Wildman–Crippen MR) is 68.4 cm³/mol. The monoisotopic (exact) mass is 245 g/mol. The van der Waals surface area contributed by atoms with Crippen LogP contribution in [-0.2, 0) is 4.79 Å². The molecule has 5 nitrogen and oxygen atoms in total. The molecule has 18 heavy (non-hydrogen) atoms. The summed E-state index contributed by atoms with van der Waals surface area (Å²) < 4.78 is 1.58. The number of aromatic hydroxyl groups is 1. The zero-order chi connectivity index (χ0) is 13.1. The van der Waals surface area contributed by atoms with Crippen LogP contribution in [0.25, 0.3) is 0 Å². The van der Waals surface area contributed by atoms with E-state index in [-0.39, 0.29) is 11.7 Å². The third kappa shape index (κ3) is 2.34. The summed E-state index contributed by atoms with van der Waals surface area (Å²) in [6.45, 7) is 3.52. The molecule has 0 radical (unpaired) electrons. The Labute approximate surface area is 105 Å². The molecule has 1 aromatic heterocycles. The van der Waals surface area contributed by atoms with Crippen LogP contribution < -0.4 is 5.32 Å². The SMILES string of the molecule is Cc1c(O)cccc1NC(=O)C(C)n1cccn1. The molecule has 0 fully saturated rings. The number of nitrogens with one attached hydrogen (secondary N) is 1. The average molecular weight is 245 g/mol. The fraction of sp³-hybridized carbons (Fsp3) is 0.231. The summed E-state index contributed by atoms with van der Waals surface area (Å²) in [6, 6.07) is 6.40. The quantitative estimate of drug-likeness (QED) is 0.870. The van der Waals surface area contributed by atoms with Gasteiger partial charge in [0.15, 0.2) is 0 Å². The lowest BCUT2D eigenvalue weighted by Crippen LogP contribution is -2.24. The molecule has 0 aliphatic heterocycles. The lowest BCUT2D eigenvalue weighted by molar-refractivity contribution is -0.119. The van der Waals surface area contributed by atoms with Crippen LogP contribution in [0.2, 0.25) is 0 Å². The maximum atomic E-state index is 12.0. The predicted octanol–water partition coefficient (Wildman–Crippen LogP) is 2.10. The van der Waals surface area contributed by atoms with E-state index in [0.717, 1.165) is 0 Å². The Hall–Kier alpha value is -2.30. The molecule has 0 aliphatic rings. The van der Waals surface area contributed by atoms with Crippen LogP contribution >= 0.6 is 0 Å². The lowest BCUT2D eigenvalue weighted by Gasteiger charge is -2.14. The van der Waals surface area contributed by atoms with Crippen molar-refractivity contribution in [2.24, 2.45) is 0 Å². The number of hydrogen-bond acceptors (Lipinski definition) is 3. The van der Waals surface area contributed by atoms with Gasteiger partial charge >= 0.3 is 0 Å². The number of hydrogen-bond donors (Lipinski definition) is 2. The topological polar surface area (TPSA) is 67.2 Å². The molecule has 0 aliphatic carbocycles. The second-order valence-corrected chi connectivity index (χ2v) is 4.10. The summed E-state index contributed by atoms with van der Waals surface area (Å²) in [4.78, 5) is 12.0. The molecule has 2 aromatic rings. The van der Waals surface area contributed by atoms with E-state index in [1.54, 1.807) is 55.2 Å². The van der Waals surface area contributed by atoms with Gasteiger partial charge in [0.25, 0.3) is 0 Å². The fourth-order valence-electron chi connectivity index (χ4n) is 1.63. The molecular formula is C13H15N3O2. The molecule has 2 N–H and O–H groups in total. The fourth-order valence-corrected chi connectivity index (χ4v) is 1.63. The molecule has 0 spiro atoms. The van der Waals surface area contributed by atoms with Crippen molar-refractivity contribution < 1.29 is 9.90 Å². The number of phenols is 1. The highest BCUT2D eigenvalue weighted by Gasteiger charge is 2.16. The van der Waals surface area contributed by atoms with Gasteiger partial charge in [-0.2, -0.15) is 5.10 Å². The van der Waals surface area contributed by atoms with Crippen LogP contribution in [-0.4, -0.2) is 20.8 Å². The van der Waals surface area contributed by atoms with Crippen LogP contribution in [0.3, 0.4) is 0 Å². The maximum absolute atomic E-state index is 12.0. The first kappa shape index (κ1) is 12.2. The van der Waals surface area contributed by atoms with Gasteiger partial charge in [-0.3, -0.25) is 9.48 Å². The Morgan fingerprint density at radius 1 is 1.44 bits per heavy atom. The number of nitrogens with zero attached hydrogens (tertiary/aromatic N) is 2. The van der Waals surface area contributed by atoms with Gasteiger partial charge in [-0.05, 0) is 32.0 Å². The van der Waals surface area contributed by atoms with Crippen LogP contribution in [0, 0.1) is 6.92 Å². The Morgan fingerprint density at radius 3 is 2.89 bits per heavy atom. The largest absolute Gasteiger partial charge is 0.508 e. The number of carbonyl (C=O) groups is 1. The van der Waals surface area contributed by atoms with Gasteiger partial charge in [0.05, 0.1) is 0 Å². The second kappa shape index (κ2) is 4.91. The average Bonchev–Trinajstić information content (AvgIpc) is 2.87. The summed E-state index contributed by atoms with van der Waals surface area (Å²) in [5.41, 5.74) is 1.26. The van der Waals surface area contributed by atoms with E-state index in [9.17, 15) is 9.90 Å². The van der Waals surface area contributed by atoms with Crippen molar-refractivity contribution in [2.75, 3.05) is 5.32 Å². The van der Waals surface area contributed by atoms with E-state index in [0.29, 0.717) is 11.3 Å². The van der Waals surface area contributed by atoms with Gasteiger partial charge in [0, 0.05) is 23.6 Å². The molecule has 5 heteroatoms. The number of rotatable bonds is 3. The molecule has 94 valence electrons. The summed E-state index contributed by atoms with van der Waals surface area (Å²) in [6.07, 6.45) is 3.36. The lowest BCUT2D eigenvalue weighted by atomic mass is 10.1. The minimum atomic E-state index is -0.401. The van der Waals surface area contributed by atoms with Crippen LogP contribution in [0.5, 0.6) is 5.75 Å². The molecular weight excluding hydrogens is 230 g/mol. The van der Waals surface area contributed by atoms with Crippen LogP contribution in [0.15, 0.2) is 36.7 Å². The third-order valence-electron chi connectivity index (χ3n) is 2.86. The first-order valence-corrected chi connectivity index (χ1v) is 5.68. The van der Waals surface area contributed by atoms with E-state index >= 15 is 0 Å². The van der Waals surface area contributed by atoms with Gasteiger partial charge in [0.2, 0.25) is 5.91 Å². The molecule has 2 rings (SSSR count). The zero-order valence-electron chi connectivity index (χ0n) is 10.3. The molecule has 1 unspecified atom stereocenters. The number of phenolic OH excluding ortho intramolecular Hbond substituents is 1. The van der Waals surface area contributed by atoms with E-state index in [1.165, 1.54) is 0 Å². The summed E-state index contributed by atoms with van der Waals surface area (Å²) >= 11 is 0. The first-order valence-electron chi connectivity index (χ1n) is 5.68. The maximum Gasteiger partial charge on any atom is 0.248 e. The highest BCUT2D eigenvalue weighted by atomic mass is 16.3. The van der Waals surface area contributed by atoms with E-state index < -0.39 is 6.04 Å². The molecule has 1 heterocycles. The smallest absolute Gasteiger partial charge is 0.248 e. The third-order valence-corrected chi connectivity index (χ3v) is 2.86. The molecule has 1 aromatic carbocycles. The molecule has 1 atom stereocenters. The van der Waals surface area contributed by atoms with Gasteiger partial charge in [-0.1, -0.05) is 6.07 Å². The first-order chi connectivity index (χ1) is 8.59. The van der Waals surface area contributed by atoms with Crippen molar-refractivity contribution in [3.05, 3.63) is 42.2 Å². The molecule has 0 bridgehead atoms. The van der Waals surface area contributed by atoms with Gasteiger partial charge in [-0.25, -0.2) is 0 Å². The van der Waals surface area contributed by atoms with Crippen molar-refractivity contribution in [2.45, 2.75) is 19.9 Å². The van der Waals surface area contributed by atoms with Gasteiger partial charge < -0.3 is 10.4 Å². The van der Waals surface area contributed by atoms with E-state index in [2.05, 4.69) is 10.4 Å².